The first-order valence-electron chi connectivity index (χ1n) is 15.0. The van der Waals surface area contributed by atoms with Crippen LogP contribution in [0.3, 0.4) is 0 Å². The Morgan fingerprint density at radius 3 is 1.04 bits per heavy atom. The fraction of sp³-hybridized carbons (Fsp3) is 0.650. The van der Waals surface area contributed by atoms with Crippen LogP contribution >= 0.6 is 0 Å². The van der Waals surface area contributed by atoms with Gasteiger partial charge in [0.2, 0.25) is 0 Å². The second-order valence-electron chi connectivity index (χ2n) is 15.9. The molecule has 2 atom stereocenters. The van der Waals surface area contributed by atoms with Gasteiger partial charge < -0.3 is 10.2 Å². The fourth-order valence-electron chi connectivity index (χ4n) is 5.27. The molecule has 0 N–H and O–H groups in total. The van der Waals surface area contributed by atoms with Crippen LogP contribution in [0.25, 0.3) is 0 Å². The van der Waals surface area contributed by atoms with Gasteiger partial charge in [-0.1, -0.05) is 161 Å². The minimum Gasteiger partial charge on any atom is -0.872 e. The summed E-state index contributed by atoms with van der Waals surface area (Å²) in [6, 6.07) is 8.15. The molecule has 2 aromatic rings. The summed E-state index contributed by atoms with van der Waals surface area (Å²) < 4.78 is 0. The van der Waals surface area contributed by atoms with Gasteiger partial charge in [0.05, 0.1) is 12.1 Å². The van der Waals surface area contributed by atoms with E-state index in [9.17, 15) is 10.2 Å². The van der Waals surface area contributed by atoms with E-state index in [-0.39, 0.29) is 115 Å². The second-order valence-corrected chi connectivity index (χ2v) is 15.9. The molecule has 0 bridgehead atoms. The molecule has 0 unspecified atom stereocenters. The minimum atomic E-state index is -0.248. The summed E-state index contributed by atoms with van der Waals surface area (Å²) in [5, 5.41) is 26.9. The molecule has 2 aromatic carbocycles. The van der Waals surface area contributed by atoms with E-state index >= 15 is 0 Å². The molecule has 1 aliphatic rings. The molecule has 0 aliphatic heterocycles. The maximum Gasteiger partial charge on any atom is 0.0723 e. The summed E-state index contributed by atoms with van der Waals surface area (Å²) in [6.45, 7) is 25.6. The van der Waals surface area contributed by atoms with Crippen LogP contribution in [0.5, 0.6) is 11.5 Å². The van der Waals surface area contributed by atoms with E-state index in [0.29, 0.717) is 11.1 Å². The SMILES string of the molecule is C.C.C.C.CC(C)(C)c1cc(C=N[C@@H]2CCCC[C@H]2N=Cc2cc(C(C)(C)C)cc(C(C)(C)C)c2[O-])c([O-])c(C(C)(C)C)c1.[Ga].[Ga]. The molecule has 6 heteroatoms. The van der Waals surface area contributed by atoms with Gasteiger partial charge >= 0.3 is 0 Å². The molecule has 3 rings (SSSR count). The van der Waals surface area contributed by atoms with Gasteiger partial charge in [0, 0.05) is 52.0 Å². The van der Waals surface area contributed by atoms with Crippen molar-refractivity contribution in [3.63, 3.8) is 0 Å². The van der Waals surface area contributed by atoms with Crippen LogP contribution in [0.1, 0.15) is 172 Å². The van der Waals surface area contributed by atoms with Gasteiger partial charge in [-0.05, 0) is 67.9 Å². The van der Waals surface area contributed by atoms with E-state index in [1.165, 1.54) is 0 Å². The van der Waals surface area contributed by atoms with Crippen LogP contribution in [0, 0.1) is 0 Å². The Hall–Kier alpha value is -1.35. The maximum absolute atomic E-state index is 13.5. The van der Waals surface area contributed by atoms with Gasteiger partial charge in [0.25, 0.3) is 0 Å². The molecular weight excluding hydrogens is 680 g/mol. The van der Waals surface area contributed by atoms with Crippen LogP contribution in [-0.2, 0) is 21.7 Å². The Bertz CT molecular complexity index is 1170. The zero-order valence-electron chi connectivity index (χ0n) is 28.3. The molecule has 4 nitrogen and oxygen atoms in total. The predicted molar refractivity (Wildman–Crippen MR) is 206 cm³/mol. The normalized spacial score (nSPS) is 17.0. The molecular formula is C40H68Ga2N2O2-2. The number of nitrogens with zero attached hydrogens (tertiary/aromatic N) is 2. The summed E-state index contributed by atoms with van der Waals surface area (Å²) in [5.41, 5.74) is 4.62. The van der Waals surface area contributed by atoms with Crippen molar-refractivity contribution in [2.45, 2.75) is 172 Å². The smallest absolute Gasteiger partial charge is 0.0723 e. The molecule has 1 fully saturated rings. The third kappa shape index (κ3) is 12.9. The minimum absolute atomic E-state index is 0. The summed E-state index contributed by atoms with van der Waals surface area (Å²) >= 11 is 0. The Kier molecular flexibility index (Phi) is 21.3. The first kappa shape index (κ1) is 51.5. The van der Waals surface area contributed by atoms with Gasteiger partial charge in [-0.25, -0.2) is 0 Å². The van der Waals surface area contributed by atoms with Crippen molar-refractivity contribution in [2.75, 3.05) is 0 Å². The maximum atomic E-state index is 13.5. The van der Waals surface area contributed by atoms with E-state index < -0.39 is 0 Å². The van der Waals surface area contributed by atoms with Gasteiger partial charge in [-0.15, -0.1) is 0 Å². The second kappa shape index (κ2) is 19.0. The van der Waals surface area contributed by atoms with E-state index in [0.717, 1.165) is 47.9 Å². The van der Waals surface area contributed by atoms with Crippen LogP contribution in [0.2, 0.25) is 0 Å². The number of benzene rings is 2. The first-order valence-corrected chi connectivity index (χ1v) is 15.0. The number of rotatable bonds is 4. The molecule has 0 amide bonds. The largest absolute Gasteiger partial charge is 0.872 e. The van der Waals surface area contributed by atoms with Crippen molar-refractivity contribution in [1.29, 1.82) is 0 Å². The third-order valence-corrected chi connectivity index (χ3v) is 8.09. The van der Waals surface area contributed by atoms with Gasteiger partial charge in [-0.3, -0.25) is 9.98 Å². The zero-order chi connectivity index (χ0) is 30.3. The number of hydrogen-bond donors (Lipinski definition) is 0. The molecule has 0 spiro atoms. The van der Waals surface area contributed by atoms with Gasteiger partial charge in [0.1, 0.15) is 0 Å². The van der Waals surface area contributed by atoms with E-state index in [1.807, 2.05) is 12.1 Å². The number of hydrogen-bond acceptors (Lipinski definition) is 4. The van der Waals surface area contributed by atoms with Crippen molar-refractivity contribution in [2.24, 2.45) is 9.98 Å². The van der Waals surface area contributed by atoms with Gasteiger partial charge in [-0.2, -0.15) is 0 Å². The van der Waals surface area contributed by atoms with E-state index in [2.05, 4.69) is 95.2 Å². The molecule has 0 heterocycles. The Morgan fingerprint density at radius 1 is 0.522 bits per heavy atom. The Morgan fingerprint density at radius 2 is 0.804 bits per heavy atom. The summed E-state index contributed by atoms with van der Waals surface area (Å²) in [4.78, 5) is 9.95. The summed E-state index contributed by atoms with van der Waals surface area (Å²) in [6.07, 6.45) is 7.63. The van der Waals surface area contributed by atoms with Crippen LogP contribution in [0.15, 0.2) is 34.3 Å². The molecule has 1 saturated carbocycles. The molecule has 0 saturated heterocycles. The van der Waals surface area contributed by atoms with Crippen molar-refractivity contribution in [1.82, 2.24) is 0 Å². The Labute approximate surface area is 311 Å². The summed E-state index contributed by atoms with van der Waals surface area (Å²) in [7, 11) is 0. The van der Waals surface area contributed by atoms with Crippen molar-refractivity contribution in [3.8, 4) is 11.5 Å². The average Bonchev–Trinajstić information content (AvgIpc) is 2.80. The van der Waals surface area contributed by atoms with Gasteiger partial charge in [0.15, 0.2) is 0 Å². The standard InChI is InChI=1S/C36H54N2O2.4CH4.2Ga/c1-33(2,3)25-17-23(31(39)27(19-25)35(7,8)9)21-37-29-15-13-14-16-30(29)38-22-24-18-26(34(4,5)6)20-28(32(24)40)36(10,11)12;;;;;;/h17-22,29-30,39-40H,13-16H2,1-12H3;4*1H4;;/p-2/t29-,30-;;;;;;/m1....../s1. The summed E-state index contributed by atoms with van der Waals surface area (Å²) in [5.74, 6) is 0.120. The third-order valence-electron chi connectivity index (χ3n) is 8.09. The average molecular weight is 748 g/mol. The monoisotopic (exact) mass is 746 g/mol. The molecule has 0 aromatic heterocycles. The Balaban J connectivity index is -0.00000147. The van der Waals surface area contributed by atoms with E-state index in [1.54, 1.807) is 12.4 Å². The molecule has 6 radical (unpaired) electrons. The topological polar surface area (TPSA) is 70.8 Å². The van der Waals surface area contributed by atoms with Crippen molar-refractivity contribution < 1.29 is 10.2 Å². The van der Waals surface area contributed by atoms with Crippen molar-refractivity contribution in [3.05, 3.63) is 57.6 Å². The molecule has 1 aliphatic carbocycles. The number of aliphatic imine (C=N–C) groups is 2. The molecule has 258 valence electrons. The van der Waals surface area contributed by atoms with Crippen LogP contribution in [0.4, 0.5) is 0 Å². The quantitative estimate of drug-likeness (QED) is 0.231. The van der Waals surface area contributed by atoms with Crippen LogP contribution < -0.4 is 10.2 Å². The van der Waals surface area contributed by atoms with Crippen molar-refractivity contribution >= 4 is 52.0 Å². The predicted octanol–water partition coefficient (Wildman–Crippen LogP) is 9.66. The van der Waals surface area contributed by atoms with E-state index in [4.69, 9.17) is 9.98 Å². The zero-order valence-corrected chi connectivity index (χ0v) is 33.2. The first-order chi connectivity index (χ1) is 18.2. The van der Waals surface area contributed by atoms with Crippen LogP contribution in [-0.4, -0.2) is 64.1 Å². The molecule has 46 heavy (non-hydrogen) atoms. The fourth-order valence-corrected chi connectivity index (χ4v) is 5.27.